The van der Waals surface area contributed by atoms with Crippen molar-refractivity contribution < 1.29 is 50.4 Å². The van der Waals surface area contributed by atoms with Crippen LogP contribution in [0.3, 0.4) is 0 Å². The standard InChI is InChI=1S/C14H10O4.Na.H/c15-13(16)11-8-4-5-9-12(11)18-14(17)10-6-2-1-3-7-10;;/h1-9H,(H,15,16);;/q;+1;-1. The van der Waals surface area contributed by atoms with Crippen molar-refractivity contribution in [1.82, 2.24) is 0 Å². The molecule has 0 atom stereocenters. The number of carbonyl (C=O) groups excluding carboxylic acids is 1. The molecule has 0 unspecified atom stereocenters. The summed E-state index contributed by atoms with van der Waals surface area (Å²) in [5.74, 6) is -1.67. The van der Waals surface area contributed by atoms with Crippen LogP contribution in [0.15, 0.2) is 54.6 Å². The van der Waals surface area contributed by atoms with Gasteiger partial charge in [-0.15, -0.1) is 0 Å². The Bertz CT molecular complexity index is 587. The number of aromatic carboxylic acids is 1. The predicted octanol–water partition coefficient (Wildman–Crippen LogP) is -0.280. The monoisotopic (exact) mass is 266 g/mol. The molecule has 0 aliphatic heterocycles. The van der Waals surface area contributed by atoms with E-state index < -0.39 is 11.9 Å². The summed E-state index contributed by atoms with van der Waals surface area (Å²) in [6.07, 6.45) is 0. The van der Waals surface area contributed by atoms with Crippen LogP contribution in [0, 0.1) is 0 Å². The normalized spacial score (nSPS) is 9.26. The Morgan fingerprint density at radius 1 is 0.947 bits per heavy atom. The molecule has 0 aromatic heterocycles. The summed E-state index contributed by atoms with van der Waals surface area (Å²) in [6, 6.07) is 14.4. The number of hydrogen-bond acceptors (Lipinski definition) is 3. The van der Waals surface area contributed by atoms with Gasteiger partial charge in [0.25, 0.3) is 0 Å². The molecule has 0 heterocycles. The molecule has 19 heavy (non-hydrogen) atoms. The predicted molar refractivity (Wildman–Crippen MR) is 65.9 cm³/mol. The number of carboxylic acids is 1. The number of benzene rings is 2. The van der Waals surface area contributed by atoms with E-state index in [4.69, 9.17) is 9.84 Å². The topological polar surface area (TPSA) is 63.6 Å². The van der Waals surface area contributed by atoms with E-state index in [9.17, 15) is 9.59 Å². The van der Waals surface area contributed by atoms with Gasteiger partial charge in [-0.1, -0.05) is 30.3 Å². The van der Waals surface area contributed by atoms with Gasteiger partial charge in [0, 0.05) is 0 Å². The van der Waals surface area contributed by atoms with E-state index in [-0.39, 0.29) is 42.3 Å². The van der Waals surface area contributed by atoms with Crippen molar-refractivity contribution in [1.29, 1.82) is 0 Å². The molecule has 0 saturated carbocycles. The summed E-state index contributed by atoms with van der Waals surface area (Å²) in [7, 11) is 0. The molecule has 2 aromatic carbocycles. The van der Waals surface area contributed by atoms with Crippen LogP contribution in [-0.4, -0.2) is 17.0 Å². The molecule has 92 valence electrons. The van der Waals surface area contributed by atoms with Gasteiger partial charge in [0.05, 0.1) is 5.56 Å². The number of para-hydroxylation sites is 1. The van der Waals surface area contributed by atoms with Crippen LogP contribution in [-0.2, 0) is 0 Å². The molecule has 0 amide bonds. The molecule has 5 heteroatoms. The zero-order chi connectivity index (χ0) is 13.0. The summed E-state index contributed by atoms with van der Waals surface area (Å²) in [5, 5.41) is 8.96. The fourth-order valence-corrected chi connectivity index (χ4v) is 1.47. The second-order valence-electron chi connectivity index (χ2n) is 3.56. The maximum atomic E-state index is 11.8. The van der Waals surface area contributed by atoms with Gasteiger partial charge in [-0.25, -0.2) is 9.59 Å². The Morgan fingerprint density at radius 2 is 1.53 bits per heavy atom. The number of carboxylic acid groups (broad SMARTS) is 1. The third kappa shape index (κ3) is 3.92. The number of carbonyl (C=O) groups is 2. The maximum absolute atomic E-state index is 11.8. The van der Waals surface area contributed by atoms with E-state index in [1.54, 1.807) is 42.5 Å². The van der Waals surface area contributed by atoms with Gasteiger partial charge in [-0.2, -0.15) is 0 Å². The average molecular weight is 266 g/mol. The fourth-order valence-electron chi connectivity index (χ4n) is 1.47. The number of ether oxygens (including phenoxy) is 1. The molecule has 0 radical (unpaired) electrons. The third-order valence-corrected chi connectivity index (χ3v) is 2.33. The van der Waals surface area contributed by atoms with Gasteiger partial charge in [0.15, 0.2) is 0 Å². The number of rotatable bonds is 3. The van der Waals surface area contributed by atoms with Crippen LogP contribution < -0.4 is 34.3 Å². The first kappa shape index (κ1) is 15.4. The van der Waals surface area contributed by atoms with E-state index in [1.165, 1.54) is 12.1 Å². The Hall–Kier alpha value is -1.62. The van der Waals surface area contributed by atoms with Gasteiger partial charge in [-0.05, 0) is 24.3 Å². The van der Waals surface area contributed by atoms with Crippen molar-refractivity contribution in [2.45, 2.75) is 0 Å². The molecular formula is C14H11NaO4. The van der Waals surface area contributed by atoms with Crippen molar-refractivity contribution >= 4 is 11.9 Å². The largest absolute Gasteiger partial charge is 1.00 e. The minimum absolute atomic E-state index is 0. The van der Waals surface area contributed by atoms with Gasteiger partial charge < -0.3 is 11.3 Å². The first-order valence-corrected chi connectivity index (χ1v) is 5.28. The van der Waals surface area contributed by atoms with Crippen molar-refractivity contribution in [3.63, 3.8) is 0 Å². The quantitative estimate of drug-likeness (QED) is 0.471. The van der Waals surface area contributed by atoms with Gasteiger partial charge in [0.2, 0.25) is 0 Å². The SMILES string of the molecule is O=C(Oc1ccccc1C(=O)O)c1ccccc1.[H-].[Na+]. The summed E-state index contributed by atoms with van der Waals surface area (Å²) in [6.45, 7) is 0. The smallest absolute Gasteiger partial charge is 1.00 e. The third-order valence-electron chi connectivity index (χ3n) is 2.33. The van der Waals surface area contributed by atoms with Crippen LogP contribution in [0.4, 0.5) is 0 Å². The van der Waals surface area contributed by atoms with E-state index in [0.29, 0.717) is 5.56 Å². The van der Waals surface area contributed by atoms with Gasteiger partial charge in [-0.3, -0.25) is 0 Å². The van der Waals surface area contributed by atoms with Crippen LogP contribution in [0.25, 0.3) is 0 Å². The average Bonchev–Trinajstić information content (AvgIpc) is 2.40. The molecule has 0 aliphatic carbocycles. The van der Waals surface area contributed by atoms with Crippen molar-refractivity contribution in [2.24, 2.45) is 0 Å². The summed E-state index contributed by atoms with van der Waals surface area (Å²) >= 11 is 0. The van der Waals surface area contributed by atoms with E-state index >= 15 is 0 Å². The molecule has 2 aromatic rings. The van der Waals surface area contributed by atoms with Crippen molar-refractivity contribution in [2.75, 3.05) is 0 Å². The van der Waals surface area contributed by atoms with Crippen LogP contribution in [0.5, 0.6) is 5.75 Å². The van der Waals surface area contributed by atoms with Gasteiger partial charge >= 0.3 is 41.5 Å². The van der Waals surface area contributed by atoms with Crippen LogP contribution in [0.2, 0.25) is 0 Å². The zero-order valence-corrected chi connectivity index (χ0v) is 12.4. The van der Waals surface area contributed by atoms with E-state index in [1.807, 2.05) is 0 Å². The molecular weight excluding hydrogens is 255 g/mol. The molecule has 0 spiro atoms. The maximum Gasteiger partial charge on any atom is 1.00 e. The second kappa shape index (κ2) is 7.09. The Balaban J connectivity index is 0.00000180. The van der Waals surface area contributed by atoms with Crippen LogP contribution in [0.1, 0.15) is 22.1 Å². The fraction of sp³-hybridized carbons (Fsp3) is 0. The summed E-state index contributed by atoms with van der Waals surface area (Å²) < 4.78 is 5.07. The first-order valence-electron chi connectivity index (χ1n) is 5.28. The molecule has 4 nitrogen and oxygen atoms in total. The van der Waals surface area contributed by atoms with E-state index in [2.05, 4.69) is 0 Å². The second-order valence-corrected chi connectivity index (χ2v) is 3.56. The molecule has 1 N–H and O–H groups in total. The minimum atomic E-state index is -1.13. The van der Waals surface area contributed by atoms with Gasteiger partial charge in [0.1, 0.15) is 11.3 Å². The molecule has 0 aliphatic rings. The summed E-state index contributed by atoms with van der Waals surface area (Å²) in [4.78, 5) is 22.7. The van der Waals surface area contributed by atoms with Crippen LogP contribution >= 0.6 is 0 Å². The first-order chi connectivity index (χ1) is 8.68. The molecule has 0 fully saturated rings. The Kier molecular flexibility index (Phi) is 5.76. The van der Waals surface area contributed by atoms with Crippen molar-refractivity contribution in [3.05, 3.63) is 65.7 Å². The zero-order valence-electron chi connectivity index (χ0n) is 11.4. The Labute approximate surface area is 133 Å². The molecule has 0 saturated heterocycles. The molecule has 2 rings (SSSR count). The minimum Gasteiger partial charge on any atom is -1.00 e. The van der Waals surface area contributed by atoms with Crippen molar-refractivity contribution in [3.8, 4) is 5.75 Å². The number of hydrogen-bond donors (Lipinski definition) is 1. The Morgan fingerprint density at radius 3 is 2.16 bits per heavy atom. The molecule has 0 bridgehead atoms. The van der Waals surface area contributed by atoms with E-state index in [0.717, 1.165) is 0 Å². The summed E-state index contributed by atoms with van der Waals surface area (Å²) in [5.41, 5.74) is 0.333. The number of esters is 1.